The summed E-state index contributed by atoms with van der Waals surface area (Å²) < 4.78 is 27.6. The summed E-state index contributed by atoms with van der Waals surface area (Å²) in [6, 6.07) is 5.04. The molecule has 20 heavy (non-hydrogen) atoms. The van der Waals surface area contributed by atoms with Gasteiger partial charge in [-0.3, -0.25) is 0 Å². The van der Waals surface area contributed by atoms with Crippen molar-refractivity contribution in [3.05, 3.63) is 23.8 Å². The van der Waals surface area contributed by atoms with Gasteiger partial charge in [0.25, 0.3) is 0 Å². The van der Waals surface area contributed by atoms with Crippen LogP contribution in [-0.4, -0.2) is 15.0 Å². The number of rotatable bonds is 6. The van der Waals surface area contributed by atoms with Crippen molar-refractivity contribution in [2.75, 3.05) is 12.3 Å². The maximum atomic E-state index is 12.5. The molecule has 0 aliphatic heterocycles. The molecule has 0 spiro atoms. The van der Waals surface area contributed by atoms with Gasteiger partial charge in [-0.2, -0.15) is 0 Å². The van der Waals surface area contributed by atoms with Crippen molar-refractivity contribution < 1.29 is 8.42 Å². The molecule has 1 aromatic rings. The summed E-state index contributed by atoms with van der Waals surface area (Å²) in [4.78, 5) is 0.291. The highest BCUT2D eigenvalue weighted by Crippen LogP contribution is 2.26. The van der Waals surface area contributed by atoms with Gasteiger partial charge in [0.15, 0.2) is 0 Å². The Kier molecular flexibility index (Phi) is 5.21. The third-order valence-corrected chi connectivity index (χ3v) is 5.53. The van der Waals surface area contributed by atoms with Crippen LogP contribution in [0.1, 0.15) is 40.2 Å². The van der Waals surface area contributed by atoms with E-state index in [2.05, 4.69) is 32.4 Å². The molecule has 5 heteroatoms. The zero-order valence-corrected chi connectivity index (χ0v) is 13.8. The minimum Gasteiger partial charge on any atom is -0.399 e. The van der Waals surface area contributed by atoms with Crippen molar-refractivity contribution in [1.82, 2.24) is 4.72 Å². The Labute approximate surface area is 122 Å². The van der Waals surface area contributed by atoms with Gasteiger partial charge in [-0.25, -0.2) is 13.1 Å². The van der Waals surface area contributed by atoms with Crippen LogP contribution >= 0.6 is 0 Å². The number of aryl methyl sites for hydroxylation is 1. The summed E-state index contributed by atoms with van der Waals surface area (Å²) in [5, 5.41) is 0. The lowest BCUT2D eigenvalue weighted by molar-refractivity contribution is 0.252. The molecule has 0 fully saturated rings. The van der Waals surface area contributed by atoms with Gasteiger partial charge in [-0.1, -0.05) is 40.7 Å². The minimum absolute atomic E-state index is 0.0974. The molecule has 114 valence electrons. The molecule has 0 radical (unpaired) electrons. The summed E-state index contributed by atoms with van der Waals surface area (Å²) in [5.41, 5.74) is 6.87. The second-order valence-electron chi connectivity index (χ2n) is 6.19. The van der Waals surface area contributed by atoms with Gasteiger partial charge in [0, 0.05) is 12.2 Å². The Morgan fingerprint density at radius 2 is 1.90 bits per heavy atom. The zero-order valence-electron chi connectivity index (χ0n) is 13.0. The van der Waals surface area contributed by atoms with Crippen LogP contribution in [0.15, 0.2) is 23.1 Å². The van der Waals surface area contributed by atoms with Crippen LogP contribution in [0.5, 0.6) is 0 Å². The van der Waals surface area contributed by atoms with E-state index in [9.17, 15) is 8.42 Å². The maximum Gasteiger partial charge on any atom is 0.240 e. The van der Waals surface area contributed by atoms with Crippen LogP contribution < -0.4 is 10.5 Å². The molecule has 1 rings (SSSR count). The second-order valence-corrected chi connectivity index (χ2v) is 7.92. The molecule has 1 aromatic carbocycles. The van der Waals surface area contributed by atoms with Crippen molar-refractivity contribution in [3.8, 4) is 0 Å². The molecule has 0 atom stereocenters. The molecule has 0 saturated carbocycles. The van der Waals surface area contributed by atoms with Crippen molar-refractivity contribution in [3.63, 3.8) is 0 Å². The van der Waals surface area contributed by atoms with Gasteiger partial charge in [0.2, 0.25) is 10.0 Å². The highest BCUT2D eigenvalue weighted by atomic mass is 32.2. The van der Waals surface area contributed by atoms with Gasteiger partial charge >= 0.3 is 0 Å². The van der Waals surface area contributed by atoms with E-state index in [4.69, 9.17) is 5.73 Å². The minimum atomic E-state index is -3.52. The lowest BCUT2D eigenvalue weighted by Gasteiger charge is -2.29. The van der Waals surface area contributed by atoms with Gasteiger partial charge in [0.05, 0.1) is 4.90 Å². The van der Waals surface area contributed by atoms with Gasteiger partial charge < -0.3 is 5.73 Å². The zero-order chi connectivity index (χ0) is 15.6. The monoisotopic (exact) mass is 298 g/mol. The Balaban J connectivity index is 3.03. The molecule has 0 bridgehead atoms. The molecule has 3 N–H and O–H groups in total. The van der Waals surface area contributed by atoms with Crippen LogP contribution in [0, 0.1) is 11.3 Å². The molecule has 4 nitrogen and oxygen atoms in total. The predicted octanol–water partition coefficient (Wildman–Crippen LogP) is 2.79. The van der Waals surface area contributed by atoms with E-state index in [1.807, 2.05) is 6.92 Å². The fourth-order valence-electron chi connectivity index (χ4n) is 1.68. The Morgan fingerprint density at radius 1 is 1.30 bits per heavy atom. The van der Waals surface area contributed by atoms with Crippen molar-refractivity contribution >= 4 is 15.7 Å². The number of anilines is 1. The highest BCUT2D eigenvalue weighted by Gasteiger charge is 2.26. The molecular formula is C15H26N2O2S. The largest absolute Gasteiger partial charge is 0.399 e. The fraction of sp³-hybridized carbons (Fsp3) is 0.600. The van der Waals surface area contributed by atoms with E-state index in [0.717, 1.165) is 5.56 Å². The average Bonchev–Trinajstić information content (AvgIpc) is 2.36. The molecule has 0 amide bonds. The number of nitrogens with one attached hydrogen (secondary N) is 1. The standard InChI is InChI=1S/C15H26N2O2S/c1-6-12-7-8-13(16)9-14(12)20(18,19)17-10-15(4,5)11(2)3/h7-9,11,17H,6,10,16H2,1-5H3. The van der Waals surface area contributed by atoms with Crippen LogP contribution in [0.3, 0.4) is 0 Å². The van der Waals surface area contributed by atoms with Crippen molar-refractivity contribution in [1.29, 1.82) is 0 Å². The normalized spacial score (nSPS) is 12.9. The summed E-state index contributed by atoms with van der Waals surface area (Å²) in [5.74, 6) is 0.386. The summed E-state index contributed by atoms with van der Waals surface area (Å²) in [7, 11) is -3.52. The molecule has 0 saturated heterocycles. The molecular weight excluding hydrogens is 272 g/mol. The van der Waals surface area contributed by atoms with Crippen LogP contribution in [0.2, 0.25) is 0 Å². The Morgan fingerprint density at radius 3 is 2.40 bits per heavy atom. The predicted molar refractivity (Wildman–Crippen MR) is 84.0 cm³/mol. The smallest absolute Gasteiger partial charge is 0.240 e. The average molecular weight is 298 g/mol. The SMILES string of the molecule is CCc1ccc(N)cc1S(=O)(=O)NCC(C)(C)C(C)C. The lowest BCUT2D eigenvalue weighted by atomic mass is 9.81. The van der Waals surface area contributed by atoms with E-state index < -0.39 is 10.0 Å². The number of hydrogen-bond donors (Lipinski definition) is 2. The number of hydrogen-bond acceptors (Lipinski definition) is 3. The third kappa shape index (κ3) is 3.96. The first-order chi connectivity index (χ1) is 9.10. The van der Waals surface area contributed by atoms with Crippen molar-refractivity contribution in [2.45, 2.75) is 45.9 Å². The first-order valence-corrected chi connectivity index (χ1v) is 8.46. The summed E-state index contributed by atoms with van der Waals surface area (Å²) >= 11 is 0. The van der Waals surface area contributed by atoms with Crippen LogP contribution in [0.4, 0.5) is 5.69 Å². The molecule has 0 aliphatic carbocycles. The van der Waals surface area contributed by atoms with Crippen LogP contribution in [0.25, 0.3) is 0 Å². The maximum absolute atomic E-state index is 12.5. The number of nitrogens with two attached hydrogens (primary N) is 1. The second kappa shape index (κ2) is 6.14. The molecule has 0 heterocycles. The number of sulfonamides is 1. The molecule has 0 aliphatic rings. The van der Waals surface area contributed by atoms with E-state index >= 15 is 0 Å². The molecule has 0 unspecified atom stereocenters. The van der Waals surface area contributed by atoms with Gasteiger partial charge in [0.1, 0.15) is 0 Å². The number of nitrogen functional groups attached to an aromatic ring is 1. The fourth-order valence-corrected chi connectivity index (χ4v) is 3.24. The van der Waals surface area contributed by atoms with Crippen LogP contribution in [-0.2, 0) is 16.4 Å². The molecule has 0 aromatic heterocycles. The Bertz CT molecular complexity index is 563. The first kappa shape index (κ1) is 17.0. The van der Waals surface area contributed by atoms with E-state index in [-0.39, 0.29) is 5.41 Å². The van der Waals surface area contributed by atoms with Gasteiger partial charge in [-0.15, -0.1) is 0 Å². The summed E-state index contributed by atoms with van der Waals surface area (Å²) in [6.07, 6.45) is 0.657. The van der Waals surface area contributed by atoms with Gasteiger partial charge in [-0.05, 0) is 35.4 Å². The van der Waals surface area contributed by atoms with E-state index in [0.29, 0.717) is 29.5 Å². The highest BCUT2D eigenvalue weighted by molar-refractivity contribution is 7.89. The quantitative estimate of drug-likeness (QED) is 0.793. The lowest BCUT2D eigenvalue weighted by Crippen LogP contribution is -2.37. The number of benzene rings is 1. The summed E-state index contributed by atoms with van der Waals surface area (Å²) in [6.45, 7) is 10.6. The Hall–Kier alpha value is -1.07. The third-order valence-electron chi connectivity index (χ3n) is 4.04. The first-order valence-electron chi connectivity index (χ1n) is 6.98. The van der Waals surface area contributed by atoms with E-state index in [1.54, 1.807) is 12.1 Å². The van der Waals surface area contributed by atoms with E-state index in [1.165, 1.54) is 6.07 Å². The van der Waals surface area contributed by atoms with Crippen molar-refractivity contribution in [2.24, 2.45) is 11.3 Å². The topological polar surface area (TPSA) is 72.2 Å².